The molecule has 1 fully saturated rings. The van der Waals surface area contributed by atoms with E-state index in [1.165, 1.54) is 0 Å². The second kappa shape index (κ2) is 5.98. The Bertz CT molecular complexity index is 545. The number of anilines is 1. The van der Waals surface area contributed by atoms with Gasteiger partial charge in [0.05, 0.1) is 18.8 Å². The van der Waals surface area contributed by atoms with Gasteiger partial charge in [0.25, 0.3) is 0 Å². The van der Waals surface area contributed by atoms with Crippen LogP contribution in [0.15, 0.2) is 24.5 Å². The number of aromatic nitrogens is 4. The molecule has 1 saturated heterocycles. The van der Waals surface area contributed by atoms with E-state index in [1.54, 1.807) is 18.5 Å². The van der Waals surface area contributed by atoms with Gasteiger partial charge in [-0.15, -0.1) is 0 Å². The van der Waals surface area contributed by atoms with Crippen LogP contribution in [0.4, 0.5) is 5.95 Å². The van der Waals surface area contributed by atoms with Crippen molar-refractivity contribution < 1.29 is 9.84 Å². The third kappa shape index (κ3) is 2.78. The van der Waals surface area contributed by atoms with Crippen LogP contribution in [0.1, 0.15) is 17.5 Å². The summed E-state index contributed by atoms with van der Waals surface area (Å²) >= 11 is 0. The summed E-state index contributed by atoms with van der Waals surface area (Å²) in [7, 11) is 0. The molecule has 1 aliphatic heterocycles. The molecule has 0 spiro atoms. The van der Waals surface area contributed by atoms with E-state index in [-0.39, 0.29) is 12.7 Å². The van der Waals surface area contributed by atoms with Gasteiger partial charge in [-0.1, -0.05) is 0 Å². The van der Waals surface area contributed by atoms with Crippen LogP contribution in [0, 0.1) is 0 Å². The van der Waals surface area contributed by atoms with E-state index in [0.717, 1.165) is 17.9 Å². The first-order valence-electron chi connectivity index (χ1n) is 6.65. The fourth-order valence-corrected chi connectivity index (χ4v) is 2.26. The fourth-order valence-electron chi connectivity index (χ4n) is 2.26. The van der Waals surface area contributed by atoms with E-state index in [1.807, 2.05) is 6.07 Å². The molecule has 2 N–H and O–H groups in total. The van der Waals surface area contributed by atoms with Gasteiger partial charge >= 0.3 is 0 Å². The number of ether oxygens (including phenoxy) is 1. The van der Waals surface area contributed by atoms with Gasteiger partial charge in [0.2, 0.25) is 5.95 Å². The molecule has 0 radical (unpaired) electrons. The molecule has 106 valence electrons. The van der Waals surface area contributed by atoms with Crippen molar-refractivity contribution >= 4 is 5.95 Å². The highest BCUT2D eigenvalue weighted by Crippen LogP contribution is 2.23. The largest absolute Gasteiger partial charge is 0.396 e. The van der Waals surface area contributed by atoms with Crippen LogP contribution in [0.3, 0.4) is 0 Å². The van der Waals surface area contributed by atoms with Crippen LogP contribution in [0.2, 0.25) is 0 Å². The lowest BCUT2D eigenvalue weighted by Crippen LogP contribution is -2.39. The normalized spacial score (nSPS) is 19.2. The van der Waals surface area contributed by atoms with Crippen LogP contribution in [0.25, 0.3) is 0 Å². The Morgan fingerprint density at radius 3 is 3.05 bits per heavy atom. The minimum atomic E-state index is -0.101. The number of rotatable bonds is 4. The fraction of sp³-hybridized carbons (Fsp3) is 0.462. The summed E-state index contributed by atoms with van der Waals surface area (Å²) in [5.41, 5.74) is 1.77. The minimum absolute atomic E-state index is 0.101. The van der Waals surface area contributed by atoms with Gasteiger partial charge < -0.3 is 14.7 Å². The summed E-state index contributed by atoms with van der Waals surface area (Å²) in [5, 5.41) is 16.1. The number of nitrogens with one attached hydrogen (secondary N) is 1. The Morgan fingerprint density at radius 1 is 1.40 bits per heavy atom. The van der Waals surface area contributed by atoms with Crippen LogP contribution < -0.4 is 4.90 Å². The molecule has 3 rings (SSSR count). The minimum Gasteiger partial charge on any atom is -0.396 e. The van der Waals surface area contributed by atoms with E-state index in [0.29, 0.717) is 25.5 Å². The molecule has 7 heteroatoms. The summed E-state index contributed by atoms with van der Waals surface area (Å²) in [5.74, 6) is 0.715. The first-order chi connectivity index (χ1) is 9.86. The van der Waals surface area contributed by atoms with Gasteiger partial charge in [0, 0.05) is 37.7 Å². The van der Waals surface area contributed by atoms with Gasteiger partial charge in [-0.2, -0.15) is 5.10 Å². The lowest BCUT2D eigenvalue weighted by Gasteiger charge is -2.31. The Hall–Kier alpha value is -1.99. The van der Waals surface area contributed by atoms with E-state index in [4.69, 9.17) is 9.84 Å². The predicted octanol–water partition coefficient (Wildman–Crippen LogP) is 0.312. The Morgan fingerprint density at radius 2 is 2.25 bits per heavy atom. The van der Waals surface area contributed by atoms with Crippen molar-refractivity contribution in [1.82, 2.24) is 20.2 Å². The van der Waals surface area contributed by atoms with Gasteiger partial charge in [-0.3, -0.25) is 5.10 Å². The highest BCUT2D eigenvalue weighted by atomic mass is 16.5. The van der Waals surface area contributed by atoms with Crippen LogP contribution >= 0.6 is 0 Å². The summed E-state index contributed by atoms with van der Waals surface area (Å²) in [6, 6.07) is 3.74. The predicted molar refractivity (Wildman–Crippen MR) is 72.3 cm³/mol. The zero-order valence-corrected chi connectivity index (χ0v) is 11.1. The highest BCUT2D eigenvalue weighted by Gasteiger charge is 2.25. The molecule has 1 aliphatic rings. The maximum absolute atomic E-state index is 8.93. The Balaban J connectivity index is 1.71. The summed E-state index contributed by atoms with van der Waals surface area (Å²) < 4.78 is 5.76. The van der Waals surface area contributed by atoms with Gasteiger partial charge in [-0.05, 0) is 12.1 Å². The molecule has 2 aromatic rings. The average Bonchev–Trinajstić information content (AvgIpc) is 2.97. The van der Waals surface area contributed by atoms with Crippen LogP contribution in [-0.4, -0.2) is 51.6 Å². The van der Waals surface area contributed by atoms with Gasteiger partial charge in [-0.25, -0.2) is 9.97 Å². The van der Waals surface area contributed by atoms with Crippen molar-refractivity contribution in [1.29, 1.82) is 0 Å². The smallest absolute Gasteiger partial charge is 0.225 e. The average molecular weight is 275 g/mol. The van der Waals surface area contributed by atoms with Crippen molar-refractivity contribution in [2.24, 2.45) is 0 Å². The lowest BCUT2D eigenvalue weighted by molar-refractivity contribution is 0.0364. The standard InChI is InChI=1S/C13H17N5O2/c19-6-2-10-8-11(17-16-10)12-9-18(5-7-20-12)13-14-3-1-4-15-13/h1,3-4,8,12,19H,2,5-7,9H2,(H,16,17). The summed E-state index contributed by atoms with van der Waals surface area (Å²) in [4.78, 5) is 10.6. The SMILES string of the molecule is OCCc1cc(C2CN(c3ncccn3)CCO2)n[nH]1. The molecule has 1 atom stereocenters. The molecule has 0 bridgehead atoms. The number of morpholine rings is 1. The summed E-state index contributed by atoms with van der Waals surface area (Å²) in [6.07, 6.45) is 3.95. The molecule has 0 amide bonds. The van der Waals surface area contributed by atoms with E-state index in [9.17, 15) is 0 Å². The van der Waals surface area contributed by atoms with Crippen LogP contribution in [0.5, 0.6) is 0 Å². The molecule has 7 nitrogen and oxygen atoms in total. The first kappa shape index (κ1) is 13.0. The quantitative estimate of drug-likeness (QED) is 0.835. The number of hydrogen-bond acceptors (Lipinski definition) is 6. The second-order valence-electron chi connectivity index (χ2n) is 4.65. The van der Waals surface area contributed by atoms with E-state index >= 15 is 0 Å². The van der Waals surface area contributed by atoms with E-state index < -0.39 is 0 Å². The maximum Gasteiger partial charge on any atom is 0.225 e. The van der Waals surface area contributed by atoms with Crippen molar-refractivity contribution in [2.45, 2.75) is 12.5 Å². The molecule has 0 aliphatic carbocycles. The lowest BCUT2D eigenvalue weighted by atomic mass is 10.2. The second-order valence-corrected chi connectivity index (χ2v) is 4.65. The number of aliphatic hydroxyl groups is 1. The van der Waals surface area contributed by atoms with Crippen LogP contribution in [-0.2, 0) is 11.2 Å². The van der Waals surface area contributed by atoms with Crippen molar-refractivity contribution in [3.63, 3.8) is 0 Å². The third-order valence-electron chi connectivity index (χ3n) is 3.26. The molecule has 1 unspecified atom stereocenters. The zero-order chi connectivity index (χ0) is 13.8. The maximum atomic E-state index is 8.93. The molecule has 0 saturated carbocycles. The Kier molecular flexibility index (Phi) is 3.89. The molecular formula is C13H17N5O2. The van der Waals surface area contributed by atoms with E-state index in [2.05, 4.69) is 25.1 Å². The van der Waals surface area contributed by atoms with Crippen molar-refractivity contribution in [2.75, 3.05) is 31.2 Å². The van der Waals surface area contributed by atoms with Gasteiger partial charge in [0.15, 0.2) is 0 Å². The molecule has 3 heterocycles. The number of aliphatic hydroxyl groups excluding tert-OH is 1. The van der Waals surface area contributed by atoms with Crippen molar-refractivity contribution in [3.8, 4) is 0 Å². The molecule has 0 aromatic carbocycles. The van der Waals surface area contributed by atoms with Crippen molar-refractivity contribution in [3.05, 3.63) is 35.9 Å². The molecule has 20 heavy (non-hydrogen) atoms. The third-order valence-corrected chi connectivity index (χ3v) is 3.26. The zero-order valence-electron chi connectivity index (χ0n) is 11.1. The number of hydrogen-bond donors (Lipinski definition) is 2. The summed E-state index contributed by atoms with van der Waals surface area (Å²) in [6.45, 7) is 2.17. The van der Waals surface area contributed by atoms with Gasteiger partial charge in [0.1, 0.15) is 6.10 Å². The topological polar surface area (TPSA) is 87.2 Å². The highest BCUT2D eigenvalue weighted by molar-refractivity contribution is 5.30. The molecular weight excluding hydrogens is 258 g/mol. The Labute approximate surface area is 116 Å². The number of aromatic amines is 1. The monoisotopic (exact) mass is 275 g/mol. The molecule has 2 aromatic heterocycles. The number of H-pyrrole nitrogens is 1. The number of nitrogens with zero attached hydrogens (tertiary/aromatic N) is 4. The first-order valence-corrected chi connectivity index (χ1v) is 6.65.